The highest BCUT2D eigenvalue weighted by atomic mass is 16.5. The Labute approximate surface area is 80.2 Å². The average Bonchev–Trinajstić information content (AvgIpc) is 2.54. The van der Waals surface area contributed by atoms with E-state index in [2.05, 4.69) is 17.6 Å². The van der Waals surface area contributed by atoms with Crippen LogP contribution in [0.2, 0.25) is 0 Å². The fourth-order valence-electron chi connectivity index (χ4n) is 2.41. The Hall–Kier alpha value is -0.120. The molecule has 76 valence electrons. The molecule has 0 amide bonds. The molecule has 1 unspecified atom stereocenters. The second kappa shape index (κ2) is 3.95. The van der Waals surface area contributed by atoms with Gasteiger partial charge < -0.3 is 10.1 Å². The lowest BCUT2D eigenvalue weighted by Gasteiger charge is -2.31. The molecule has 2 N–H and O–H groups in total. The first kappa shape index (κ1) is 9.44. The highest BCUT2D eigenvalue weighted by Crippen LogP contribution is 2.26. The van der Waals surface area contributed by atoms with E-state index in [0.717, 1.165) is 19.1 Å². The van der Waals surface area contributed by atoms with Crippen LogP contribution in [-0.2, 0) is 4.74 Å². The Morgan fingerprint density at radius 1 is 1.31 bits per heavy atom. The predicted octanol–water partition coefficient (Wildman–Crippen LogP) is 0.712. The van der Waals surface area contributed by atoms with Crippen molar-refractivity contribution in [3.63, 3.8) is 0 Å². The molecule has 0 saturated carbocycles. The van der Waals surface area contributed by atoms with E-state index in [4.69, 9.17) is 4.74 Å². The van der Waals surface area contributed by atoms with Crippen molar-refractivity contribution in [2.75, 3.05) is 26.2 Å². The number of hydrogen-bond donors (Lipinski definition) is 2. The molecule has 0 aromatic rings. The zero-order chi connectivity index (χ0) is 9.15. The molecule has 2 aliphatic heterocycles. The van der Waals surface area contributed by atoms with Crippen LogP contribution in [-0.4, -0.2) is 32.0 Å². The molecule has 2 heterocycles. The van der Waals surface area contributed by atoms with Crippen molar-refractivity contribution in [2.24, 2.45) is 5.92 Å². The first-order chi connectivity index (χ1) is 6.29. The average molecular weight is 184 g/mol. The smallest absolute Gasteiger partial charge is 0.116 e. The molecule has 2 rings (SSSR count). The lowest BCUT2D eigenvalue weighted by molar-refractivity contribution is -0.0165. The van der Waals surface area contributed by atoms with Gasteiger partial charge >= 0.3 is 0 Å². The highest BCUT2D eigenvalue weighted by molar-refractivity contribution is 4.82. The molecule has 0 aromatic carbocycles. The van der Waals surface area contributed by atoms with Crippen LogP contribution in [0.15, 0.2) is 0 Å². The summed E-state index contributed by atoms with van der Waals surface area (Å²) < 4.78 is 5.71. The highest BCUT2D eigenvalue weighted by Gasteiger charge is 2.32. The lowest BCUT2D eigenvalue weighted by Crippen LogP contribution is -2.41. The number of ether oxygens (including phenoxy) is 1. The summed E-state index contributed by atoms with van der Waals surface area (Å²) in [4.78, 5) is 0. The van der Waals surface area contributed by atoms with Gasteiger partial charge in [-0.2, -0.15) is 0 Å². The molecule has 3 nitrogen and oxygen atoms in total. The summed E-state index contributed by atoms with van der Waals surface area (Å²) in [6.45, 7) is 6.44. The lowest BCUT2D eigenvalue weighted by atomic mass is 9.90. The number of nitrogens with one attached hydrogen (secondary N) is 2. The summed E-state index contributed by atoms with van der Waals surface area (Å²) in [7, 11) is 0. The van der Waals surface area contributed by atoms with Crippen LogP contribution >= 0.6 is 0 Å². The van der Waals surface area contributed by atoms with Crippen molar-refractivity contribution in [2.45, 2.75) is 31.9 Å². The second-order valence-electron chi connectivity index (χ2n) is 4.40. The van der Waals surface area contributed by atoms with Gasteiger partial charge in [-0.05, 0) is 45.2 Å². The van der Waals surface area contributed by atoms with Crippen LogP contribution < -0.4 is 10.6 Å². The Bertz CT molecular complexity index is 160. The third-order valence-corrected chi connectivity index (χ3v) is 3.16. The first-order valence-corrected chi connectivity index (χ1v) is 5.38. The third kappa shape index (κ3) is 2.42. The molecule has 2 aliphatic rings. The summed E-state index contributed by atoms with van der Waals surface area (Å²) >= 11 is 0. The van der Waals surface area contributed by atoms with E-state index in [0.29, 0.717) is 0 Å². The van der Waals surface area contributed by atoms with Crippen molar-refractivity contribution >= 4 is 0 Å². The van der Waals surface area contributed by atoms with Crippen LogP contribution in [0.3, 0.4) is 0 Å². The minimum atomic E-state index is -0.0258. The molecule has 1 atom stereocenters. The molecule has 3 heteroatoms. The summed E-state index contributed by atoms with van der Waals surface area (Å²) in [5.74, 6) is 0.844. The van der Waals surface area contributed by atoms with Gasteiger partial charge in [-0.25, -0.2) is 0 Å². The normalized spacial score (nSPS) is 36.7. The van der Waals surface area contributed by atoms with E-state index in [-0.39, 0.29) is 5.72 Å². The fourth-order valence-corrected chi connectivity index (χ4v) is 2.41. The number of rotatable bonds is 2. The van der Waals surface area contributed by atoms with Gasteiger partial charge in [0.15, 0.2) is 0 Å². The maximum atomic E-state index is 5.71. The van der Waals surface area contributed by atoms with Gasteiger partial charge in [0.05, 0.1) is 6.61 Å². The van der Waals surface area contributed by atoms with Gasteiger partial charge in [-0.15, -0.1) is 0 Å². The second-order valence-corrected chi connectivity index (χ2v) is 4.40. The molecule has 0 aliphatic carbocycles. The van der Waals surface area contributed by atoms with E-state index in [9.17, 15) is 0 Å². The summed E-state index contributed by atoms with van der Waals surface area (Å²) in [5, 5.41) is 6.83. The Balaban J connectivity index is 1.81. The maximum absolute atomic E-state index is 5.71. The van der Waals surface area contributed by atoms with Gasteiger partial charge in [0.2, 0.25) is 0 Å². The molecule has 0 aromatic heterocycles. The van der Waals surface area contributed by atoms with Gasteiger partial charge in [-0.3, -0.25) is 5.32 Å². The topological polar surface area (TPSA) is 33.3 Å². The van der Waals surface area contributed by atoms with Gasteiger partial charge in [-0.1, -0.05) is 0 Å². The predicted molar refractivity (Wildman–Crippen MR) is 52.6 cm³/mol. The van der Waals surface area contributed by atoms with E-state index >= 15 is 0 Å². The monoisotopic (exact) mass is 184 g/mol. The first-order valence-electron chi connectivity index (χ1n) is 5.38. The Morgan fingerprint density at radius 2 is 2.08 bits per heavy atom. The fraction of sp³-hybridized carbons (Fsp3) is 1.00. The Kier molecular flexibility index (Phi) is 2.86. The van der Waals surface area contributed by atoms with E-state index in [1.807, 2.05) is 0 Å². The van der Waals surface area contributed by atoms with Crippen molar-refractivity contribution in [3.05, 3.63) is 0 Å². The minimum absolute atomic E-state index is 0.0258. The minimum Gasteiger partial charge on any atom is -0.360 e. The van der Waals surface area contributed by atoms with Gasteiger partial charge in [0.1, 0.15) is 5.72 Å². The standard InChI is InChI=1S/C10H20N2O/c1-10(12-6-7-13-10)8-9-2-4-11-5-3-9/h9,11-12H,2-8H2,1H3. The quantitative estimate of drug-likeness (QED) is 0.663. The number of piperidine rings is 1. The molecule has 13 heavy (non-hydrogen) atoms. The van der Waals surface area contributed by atoms with Gasteiger partial charge in [0.25, 0.3) is 0 Å². The van der Waals surface area contributed by atoms with Crippen molar-refractivity contribution in [3.8, 4) is 0 Å². The molecule has 0 bridgehead atoms. The zero-order valence-corrected chi connectivity index (χ0v) is 8.44. The molecule has 2 fully saturated rings. The van der Waals surface area contributed by atoms with Crippen molar-refractivity contribution < 1.29 is 4.74 Å². The summed E-state index contributed by atoms with van der Waals surface area (Å²) in [6, 6.07) is 0. The zero-order valence-electron chi connectivity index (χ0n) is 8.44. The SMILES string of the molecule is CC1(CC2CCNCC2)NCCO1. The van der Waals surface area contributed by atoms with Crippen LogP contribution in [0.5, 0.6) is 0 Å². The third-order valence-electron chi connectivity index (χ3n) is 3.16. The molecular formula is C10H20N2O. The number of hydrogen-bond acceptors (Lipinski definition) is 3. The van der Waals surface area contributed by atoms with Crippen molar-refractivity contribution in [1.29, 1.82) is 0 Å². The molecular weight excluding hydrogens is 164 g/mol. The maximum Gasteiger partial charge on any atom is 0.116 e. The van der Waals surface area contributed by atoms with Crippen LogP contribution in [0.4, 0.5) is 0 Å². The van der Waals surface area contributed by atoms with Gasteiger partial charge in [0, 0.05) is 6.54 Å². The van der Waals surface area contributed by atoms with E-state index < -0.39 is 0 Å². The summed E-state index contributed by atoms with van der Waals surface area (Å²) in [6.07, 6.45) is 3.79. The van der Waals surface area contributed by atoms with E-state index in [1.54, 1.807) is 0 Å². The van der Waals surface area contributed by atoms with Crippen LogP contribution in [0.1, 0.15) is 26.2 Å². The van der Waals surface area contributed by atoms with Crippen LogP contribution in [0.25, 0.3) is 0 Å². The molecule has 2 saturated heterocycles. The largest absolute Gasteiger partial charge is 0.360 e. The van der Waals surface area contributed by atoms with E-state index in [1.165, 1.54) is 32.4 Å². The summed E-state index contributed by atoms with van der Waals surface area (Å²) in [5.41, 5.74) is -0.0258. The van der Waals surface area contributed by atoms with Crippen LogP contribution in [0, 0.1) is 5.92 Å². The Morgan fingerprint density at radius 3 is 2.69 bits per heavy atom. The van der Waals surface area contributed by atoms with Crippen molar-refractivity contribution in [1.82, 2.24) is 10.6 Å². The molecule has 0 radical (unpaired) electrons. The molecule has 0 spiro atoms.